The molecule has 0 radical (unpaired) electrons. The van der Waals surface area contributed by atoms with E-state index in [-0.39, 0.29) is 6.54 Å². The number of hydrogen-bond donors (Lipinski definition) is 1. The van der Waals surface area contributed by atoms with Gasteiger partial charge in [0.25, 0.3) is 5.91 Å². The Morgan fingerprint density at radius 2 is 1.78 bits per heavy atom. The molecule has 1 amide bonds. The van der Waals surface area contributed by atoms with E-state index in [1.807, 2.05) is 0 Å². The maximum atomic E-state index is 12.9. The highest BCUT2D eigenvalue weighted by Crippen LogP contribution is 2.31. The zero-order chi connectivity index (χ0) is 17.0. The lowest BCUT2D eigenvalue weighted by Gasteiger charge is -2.13. The number of amides is 1. The Bertz CT molecular complexity index is 717. The molecule has 2 aromatic rings. The summed E-state index contributed by atoms with van der Waals surface area (Å²) in [6.07, 6.45) is -4.19. The third kappa shape index (κ3) is 4.62. The van der Waals surface area contributed by atoms with Crippen LogP contribution < -0.4 is 5.32 Å². The van der Waals surface area contributed by atoms with E-state index < -0.39 is 23.2 Å². The molecule has 1 N–H and O–H groups in total. The molecule has 0 aliphatic heterocycles. The van der Waals surface area contributed by atoms with E-state index in [1.165, 1.54) is 12.1 Å². The van der Waals surface area contributed by atoms with Gasteiger partial charge in [-0.2, -0.15) is 13.2 Å². The predicted octanol–water partition coefficient (Wildman–Crippen LogP) is 4.98. The monoisotopic (exact) mass is 361 g/mol. The summed E-state index contributed by atoms with van der Waals surface area (Å²) in [6, 6.07) is 9.59. The van der Waals surface area contributed by atoms with Crippen molar-refractivity contribution in [2.75, 3.05) is 6.54 Å². The summed E-state index contributed by atoms with van der Waals surface area (Å²) < 4.78 is 38.6. The van der Waals surface area contributed by atoms with Crippen molar-refractivity contribution in [3.8, 4) is 0 Å². The van der Waals surface area contributed by atoms with Gasteiger partial charge in [-0.05, 0) is 36.2 Å². The molecule has 0 atom stereocenters. The van der Waals surface area contributed by atoms with Crippen LogP contribution in [0.1, 0.15) is 21.5 Å². The minimum Gasteiger partial charge on any atom is -0.352 e. The van der Waals surface area contributed by atoms with Gasteiger partial charge in [-0.25, -0.2) is 0 Å². The van der Waals surface area contributed by atoms with Gasteiger partial charge in [0.05, 0.1) is 11.1 Å². The molecule has 0 aromatic heterocycles. The Morgan fingerprint density at radius 1 is 1.09 bits per heavy atom. The summed E-state index contributed by atoms with van der Waals surface area (Å²) in [5.41, 5.74) is -0.607. The first-order chi connectivity index (χ1) is 10.8. The summed E-state index contributed by atoms with van der Waals surface area (Å²) in [4.78, 5) is 12.0. The van der Waals surface area contributed by atoms with E-state index in [9.17, 15) is 18.0 Å². The maximum absolute atomic E-state index is 12.9. The molecule has 0 aliphatic rings. The third-order valence-electron chi connectivity index (χ3n) is 3.17. The maximum Gasteiger partial charge on any atom is 0.417 e. The predicted molar refractivity (Wildman–Crippen MR) is 83.9 cm³/mol. The number of nitrogens with one attached hydrogen (secondary N) is 1. The van der Waals surface area contributed by atoms with Crippen molar-refractivity contribution < 1.29 is 18.0 Å². The summed E-state index contributed by atoms with van der Waals surface area (Å²) in [7, 11) is 0. The first-order valence-corrected chi connectivity index (χ1v) is 7.43. The Hall–Kier alpha value is -1.72. The number of rotatable bonds is 4. The summed E-state index contributed by atoms with van der Waals surface area (Å²) in [5, 5.41) is 3.41. The molecule has 7 heteroatoms. The normalized spacial score (nSPS) is 11.3. The van der Waals surface area contributed by atoms with Crippen LogP contribution in [0, 0.1) is 0 Å². The van der Waals surface area contributed by atoms with Crippen LogP contribution >= 0.6 is 23.2 Å². The van der Waals surface area contributed by atoms with Gasteiger partial charge in [0.2, 0.25) is 0 Å². The van der Waals surface area contributed by atoms with E-state index in [0.29, 0.717) is 16.5 Å². The van der Waals surface area contributed by atoms with Crippen molar-refractivity contribution in [3.63, 3.8) is 0 Å². The molecule has 0 heterocycles. The molecule has 0 saturated carbocycles. The summed E-state index contributed by atoms with van der Waals surface area (Å²) in [6.45, 7) is 0.159. The van der Waals surface area contributed by atoms with Gasteiger partial charge < -0.3 is 5.32 Å². The van der Waals surface area contributed by atoms with E-state index in [4.69, 9.17) is 23.2 Å². The van der Waals surface area contributed by atoms with Gasteiger partial charge in [0, 0.05) is 16.6 Å². The number of hydrogen-bond acceptors (Lipinski definition) is 1. The summed E-state index contributed by atoms with van der Waals surface area (Å²) >= 11 is 11.8. The third-order valence-corrected chi connectivity index (χ3v) is 3.76. The number of halogens is 5. The lowest BCUT2D eigenvalue weighted by molar-refractivity contribution is -0.137. The van der Waals surface area contributed by atoms with Crippen LogP contribution in [0.5, 0.6) is 0 Å². The molecule has 0 aliphatic carbocycles. The average Bonchev–Trinajstić information content (AvgIpc) is 2.48. The zero-order valence-corrected chi connectivity index (χ0v) is 13.3. The number of carbonyl (C=O) groups is 1. The second-order valence-corrected chi connectivity index (χ2v) is 5.63. The Morgan fingerprint density at radius 3 is 2.43 bits per heavy atom. The van der Waals surface area contributed by atoms with Gasteiger partial charge in [-0.3, -0.25) is 4.79 Å². The Kier molecular flexibility index (Phi) is 5.55. The standard InChI is InChI=1S/C16H12Cl2F3NO/c17-11-6-5-10(14(18)9-11)7-8-22-15(23)12-3-1-2-4-13(12)16(19,20)21/h1-6,9H,7-8H2,(H,22,23). The molecule has 0 bridgehead atoms. The van der Waals surface area contributed by atoms with E-state index in [2.05, 4.69) is 5.32 Å². The Balaban J connectivity index is 2.03. The van der Waals surface area contributed by atoms with Crippen LogP contribution in [-0.4, -0.2) is 12.5 Å². The molecular formula is C16H12Cl2F3NO. The number of alkyl halides is 3. The highest BCUT2D eigenvalue weighted by atomic mass is 35.5. The van der Waals surface area contributed by atoms with Gasteiger partial charge in [0.1, 0.15) is 0 Å². The van der Waals surface area contributed by atoms with E-state index in [1.54, 1.807) is 18.2 Å². The van der Waals surface area contributed by atoms with Crippen molar-refractivity contribution >= 4 is 29.1 Å². The lowest BCUT2D eigenvalue weighted by atomic mass is 10.1. The highest BCUT2D eigenvalue weighted by Gasteiger charge is 2.34. The summed E-state index contributed by atoms with van der Waals surface area (Å²) in [5.74, 6) is -0.775. The van der Waals surface area contributed by atoms with Crippen LogP contribution in [0.25, 0.3) is 0 Å². The van der Waals surface area contributed by atoms with Gasteiger partial charge in [0.15, 0.2) is 0 Å². The average molecular weight is 362 g/mol. The fraction of sp³-hybridized carbons (Fsp3) is 0.188. The topological polar surface area (TPSA) is 29.1 Å². The van der Waals surface area contributed by atoms with Gasteiger partial charge in [-0.1, -0.05) is 41.4 Å². The first kappa shape index (κ1) is 17.6. The van der Waals surface area contributed by atoms with E-state index in [0.717, 1.165) is 17.7 Å². The number of carbonyl (C=O) groups excluding carboxylic acids is 1. The lowest BCUT2D eigenvalue weighted by Crippen LogP contribution is -2.28. The van der Waals surface area contributed by atoms with Gasteiger partial charge in [-0.15, -0.1) is 0 Å². The number of benzene rings is 2. The van der Waals surface area contributed by atoms with Crippen LogP contribution in [0.3, 0.4) is 0 Å². The molecule has 0 saturated heterocycles. The fourth-order valence-corrected chi connectivity index (χ4v) is 2.56. The SMILES string of the molecule is O=C(NCCc1ccc(Cl)cc1Cl)c1ccccc1C(F)(F)F. The van der Waals surface area contributed by atoms with Crippen molar-refractivity contribution in [2.45, 2.75) is 12.6 Å². The highest BCUT2D eigenvalue weighted by molar-refractivity contribution is 6.35. The van der Waals surface area contributed by atoms with Gasteiger partial charge >= 0.3 is 6.18 Å². The van der Waals surface area contributed by atoms with Crippen LogP contribution in [0.2, 0.25) is 10.0 Å². The van der Waals surface area contributed by atoms with Crippen molar-refractivity contribution in [3.05, 3.63) is 69.2 Å². The van der Waals surface area contributed by atoms with E-state index >= 15 is 0 Å². The molecule has 0 fully saturated rings. The molecule has 23 heavy (non-hydrogen) atoms. The quantitative estimate of drug-likeness (QED) is 0.816. The largest absolute Gasteiger partial charge is 0.417 e. The molecule has 2 aromatic carbocycles. The van der Waals surface area contributed by atoms with Crippen molar-refractivity contribution in [1.82, 2.24) is 5.32 Å². The van der Waals surface area contributed by atoms with Crippen LogP contribution in [-0.2, 0) is 12.6 Å². The molecule has 2 nitrogen and oxygen atoms in total. The minimum atomic E-state index is -4.58. The van der Waals surface area contributed by atoms with Crippen molar-refractivity contribution in [1.29, 1.82) is 0 Å². The molecule has 122 valence electrons. The minimum absolute atomic E-state index is 0.159. The van der Waals surface area contributed by atoms with Crippen molar-refractivity contribution in [2.24, 2.45) is 0 Å². The first-order valence-electron chi connectivity index (χ1n) is 6.67. The fourth-order valence-electron chi connectivity index (χ4n) is 2.06. The second kappa shape index (κ2) is 7.23. The smallest absolute Gasteiger partial charge is 0.352 e. The van der Waals surface area contributed by atoms with Crippen LogP contribution in [0.15, 0.2) is 42.5 Å². The second-order valence-electron chi connectivity index (χ2n) is 4.78. The van der Waals surface area contributed by atoms with Crippen LogP contribution in [0.4, 0.5) is 13.2 Å². The molecular weight excluding hydrogens is 350 g/mol. The molecule has 0 spiro atoms. The zero-order valence-electron chi connectivity index (χ0n) is 11.8. The molecule has 2 rings (SSSR count). The molecule has 0 unspecified atom stereocenters. The Labute approximate surface area is 141 Å².